The fourth-order valence-electron chi connectivity index (χ4n) is 4.94. The Balaban J connectivity index is 1.38. The largest absolute Gasteiger partial charge is 0.360 e. The molecular formula is C20H24N4O3. The third-order valence-corrected chi connectivity index (χ3v) is 6.38. The molecule has 0 N–H and O–H groups in total. The first-order valence-corrected chi connectivity index (χ1v) is 9.60. The monoisotopic (exact) mass is 368 g/mol. The fraction of sp³-hybridized carbons (Fsp3) is 0.550. The number of aromatic nitrogens is 1. The van der Waals surface area contributed by atoms with Gasteiger partial charge in [-0.15, -0.1) is 0 Å². The van der Waals surface area contributed by atoms with Crippen molar-refractivity contribution in [2.24, 2.45) is 11.8 Å². The minimum atomic E-state index is -0.642. The highest BCUT2D eigenvalue weighted by Gasteiger charge is 2.67. The summed E-state index contributed by atoms with van der Waals surface area (Å²) in [6.45, 7) is 4.19. The first-order valence-electron chi connectivity index (χ1n) is 9.60. The van der Waals surface area contributed by atoms with E-state index >= 15 is 0 Å². The zero-order valence-electron chi connectivity index (χ0n) is 15.5. The summed E-state index contributed by atoms with van der Waals surface area (Å²) < 4.78 is 6.22. The van der Waals surface area contributed by atoms with Gasteiger partial charge in [0.15, 0.2) is 0 Å². The lowest BCUT2D eigenvalue weighted by Gasteiger charge is -2.35. The number of carbonyl (C=O) groups excluding carboxylic acids is 2. The van der Waals surface area contributed by atoms with E-state index in [9.17, 15) is 9.59 Å². The number of nitrogens with zero attached hydrogens (tertiary/aromatic N) is 4. The highest BCUT2D eigenvalue weighted by Crippen LogP contribution is 2.52. The van der Waals surface area contributed by atoms with Crippen molar-refractivity contribution in [3.8, 4) is 0 Å². The summed E-state index contributed by atoms with van der Waals surface area (Å²) in [6.07, 6.45) is 7.22. The Hall–Kier alpha value is -2.25. The number of ether oxygens (including phenoxy) is 1. The molecule has 0 aromatic carbocycles. The number of likely N-dealkylation sites (tertiary alicyclic amines) is 1. The molecule has 1 aromatic rings. The summed E-state index contributed by atoms with van der Waals surface area (Å²) in [5, 5.41) is 0. The van der Waals surface area contributed by atoms with Gasteiger partial charge in [0.2, 0.25) is 11.8 Å². The molecule has 0 unspecified atom stereocenters. The lowest BCUT2D eigenvalue weighted by Crippen LogP contribution is -2.52. The van der Waals surface area contributed by atoms with Gasteiger partial charge in [-0.05, 0) is 18.7 Å². The van der Waals surface area contributed by atoms with E-state index < -0.39 is 17.4 Å². The van der Waals surface area contributed by atoms with Gasteiger partial charge in [0.25, 0.3) is 0 Å². The van der Waals surface area contributed by atoms with Crippen LogP contribution in [0.3, 0.4) is 0 Å². The Morgan fingerprint density at radius 2 is 2.15 bits per heavy atom. The Morgan fingerprint density at radius 3 is 2.89 bits per heavy atom. The maximum absolute atomic E-state index is 13.3. The molecule has 5 rings (SSSR count). The molecule has 5 heterocycles. The van der Waals surface area contributed by atoms with E-state index in [0.29, 0.717) is 13.1 Å². The number of rotatable bonds is 3. The van der Waals surface area contributed by atoms with Gasteiger partial charge < -0.3 is 19.4 Å². The van der Waals surface area contributed by atoms with E-state index in [0.717, 1.165) is 31.7 Å². The first-order chi connectivity index (χ1) is 13.1. The topological polar surface area (TPSA) is 66.0 Å². The molecule has 3 saturated heterocycles. The van der Waals surface area contributed by atoms with E-state index in [-0.39, 0.29) is 17.9 Å². The molecular weight excluding hydrogens is 344 g/mol. The fourth-order valence-corrected chi connectivity index (χ4v) is 4.94. The summed E-state index contributed by atoms with van der Waals surface area (Å²) in [4.78, 5) is 36.6. The number of likely N-dealkylation sites (N-methyl/N-ethyl adjacent to an activating group) is 1. The maximum Gasteiger partial charge on any atom is 0.230 e. The quantitative estimate of drug-likeness (QED) is 0.710. The second-order valence-corrected chi connectivity index (χ2v) is 8.08. The molecule has 0 radical (unpaired) electrons. The van der Waals surface area contributed by atoms with Gasteiger partial charge in [-0.1, -0.05) is 18.2 Å². The SMILES string of the molecule is CN1CCN(C(=O)[C@@H]2[C@@H]3C=C[C@@]4(CN(Cc5cccnc5)C(=O)[C@@H]24)O3)CC1. The van der Waals surface area contributed by atoms with E-state index in [1.165, 1.54) is 0 Å². The van der Waals surface area contributed by atoms with Gasteiger partial charge in [-0.3, -0.25) is 14.6 Å². The summed E-state index contributed by atoms with van der Waals surface area (Å²) in [7, 11) is 2.07. The predicted octanol–water partition coefficient (Wildman–Crippen LogP) is 0.138. The molecule has 142 valence electrons. The molecule has 1 spiro atoms. The summed E-state index contributed by atoms with van der Waals surface area (Å²) in [5.74, 6) is -0.708. The van der Waals surface area contributed by atoms with Crippen LogP contribution in [-0.2, 0) is 20.9 Å². The smallest absolute Gasteiger partial charge is 0.230 e. The molecule has 4 aliphatic heterocycles. The molecule has 0 saturated carbocycles. The van der Waals surface area contributed by atoms with E-state index in [2.05, 4.69) is 16.9 Å². The van der Waals surface area contributed by atoms with Crippen LogP contribution >= 0.6 is 0 Å². The number of carbonyl (C=O) groups is 2. The van der Waals surface area contributed by atoms with Gasteiger partial charge in [0.1, 0.15) is 5.60 Å². The Kier molecular flexibility index (Phi) is 3.84. The van der Waals surface area contributed by atoms with E-state index in [1.54, 1.807) is 12.4 Å². The number of hydrogen-bond donors (Lipinski definition) is 0. The number of pyridine rings is 1. The van der Waals surface area contributed by atoms with Gasteiger partial charge >= 0.3 is 0 Å². The molecule has 3 fully saturated rings. The zero-order chi connectivity index (χ0) is 18.6. The van der Waals surface area contributed by atoms with Crippen LogP contribution in [0.15, 0.2) is 36.7 Å². The molecule has 1 aromatic heterocycles. The lowest BCUT2D eigenvalue weighted by atomic mass is 9.76. The van der Waals surface area contributed by atoms with Gasteiger partial charge in [0, 0.05) is 45.1 Å². The van der Waals surface area contributed by atoms with Crippen molar-refractivity contribution in [2.75, 3.05) is 39.8 Å². The maximum atomic E-state index is 13.3. The summed E-state index contributed by atoms with van der Waals surface area (Å²) in [5.41, 5.74) is 0.347. The standard InChI is InChI=1S/C20H24N4O3/c1-22-7-9-23(10-8-22)18(25)16-15-4-5-20(27-15)13-24(19(26)17(16)20)12-14-3-2-6-21-11-14/h2-6,11,15-17H,7-10,12-13H2,1H3/t15-,16+,17+,20-/m0/s1. The molecule has 7 heteroatoms. The van der Waals surface area contributed by atoms with Crippen LogP contribution in [0.5, 0.6) is 0 Å². The van der Waals surface area contributed by atoms with Crippen molar-refractivity contribution in [1.82, 2.24) is 19.7 Å². The second-order valence-electron chi connectivity index (χ2n) is 8.08. The predicted molar refractivity (Wildman–Crippen MR) is 97.5 cm³/mol. The molecule has 2 amide bonds. The van der Waals surface area contributed by atoms with Crippen molar-refractivity contribution < 1.29 is 14.3 Å². The zero-order valence-corrected chi connectivity index (χ0v) is 15.5. The molecule has 27 heavy (non-hydrogen) atoms. The van der Waals surface area contributed by atoms with Crippen LogP contribution in [0.1, 0.15) is 5.56 Å². The van der Waals surface area contributed by atoms with Crippen LogP contribution < -0.4 is 0 Å². The van der Waals surface area contributed by atoms with E-state index in [1.807, 2.05) is 34.1 Å². The average Bonchev–Trinajstić information content (AvgIpc) is 3.31. The molecule has 0 aliphatic carbocycles. The van der Waals surface area contributed by atoms with Gasteiger partial charge in [-0.25, -0.2) is 0 Å². The Labute approximate surface area is 158 Å². The van der Waals surface area contributed by atoms with Crippen molar-refractivity contribution in [3.05, 3.63) is 42.2 Å². The first kappa shape index (κ1) is 16.9. The van der Waals surface area contributed by atoms with Crippen molar-refractivity contribution in [3.63, 3.8) is 0 Å². The van der Waals surface area contributed by atoms with Gasteiger partial charge in [0.05, 0.1) is 24.5 Å². The number of fused-ring (bicyclic) bond motifs is 1. The molecule has 2 bridgehead atoms. The molecule has 4 aliphatic rings. The van der Waals surface area contributed by atoms with Crippen molar-refractivity contribution in [1.29, 1.82) is 0 Å². The minimum Gasteiger partial charge on any atom is -0.360 e. The average molecular weight is 368 g/mol. The summed E-state index contributed by atoms with van der Waals surface area (Å²) >= 11 is 0. The molecule has 4 atom stereocenters. The Morgan fingerprint density at radius 1 is 1.33 bits per heavy atom. The number of amides is 2. The van der Waals surface area contributed by atoms with Crippen LogP contribution in [0.25, 0.3) is 0 Å². The van der Waals surface area contributed by atoms with Gasteiger partial charge in [-0.2, -0.15) is 0 Å². The highest BCUT2D eigenvalue weighted by atomic mass is 16.5. The van der Waals surface area contributed by atoms with Crippen molar-refractivity contribution in [2.45, 2.75) is 18.2 Å². The minimum absolute atomic E-state index is 0.0261. The Bertz CT molecular complexity index is 790. The lowest BCUT2D eigenvalue weighted by molar-refractivity contribution is -0.144. The molecule has 7 nitrogen and oxygen atoms in total. The van der Waals surface area contributed by atoms with Crippen LogP contribution in [0, 0.1) is 11.8 Å². The third-order valence-electron chi connectivity index (χ3n) is 6.38. The van der Waals surface area contributed by atoms with Crippen LogP contribution in [0.2, 0.25) is 0 Å². The van der Waals surface area contributed by atoms with Crippen LogP contribution in [-0.4, -0.2) is 83.0 Å². The number of hydrogen-bond acceptors (Lipinski definition) is 5. The van der Waals surface area contributed by atoms with Crippen LogP contribution in [0.4, 0.5) is 0 Å². The highest BCUT2D eigenvalue weighted by molar-refractivity contribution is 5.93. The van der Waals surface area contributed by atoms with E-state index in [4.69, 9.17) is 4.74 Å². The normalized spacial score (nSPS) is 35.1. The summed E-state index contributed by atoms with van der Waals surface area (Å²) in [6, 6.07) is 3.84. The third kappa shape index (κ3) is 2.60. The van der Waals surface area contributed by atoms with Crippen molar-refractivity contribution >= 4 is 11.8 Å². The number of piperazine rings is 1. The second kappa shape index (κ2) is 6.14.